The third-order valence-corrected chi connectivity index (χ3v) is 3.63. The van der Waals surface area contributed by atoms with Crippen LogP contribution in [0.2, 0.25) is 0 Å². The summed E-state index contributed by atoms with van der Waals surface area (Å²) in [4.78, 5) is 23.7. The molecule has 26 heavy (non-hydrogen) atoms. The quantitative estimate of drug-likeness (QED) is 0.688. The third kappa shape index (κ3) is 4.15. The minimum atomic E-state index is -0.871. The molecule has 1 atom stereocenters. The van der Waals surface area contributed by atoms with Crippen LogP contribution in [0.15, 0.2) is 42.5 Å². The van der Waals surface area contributed by atoms with Gasteiger partial charge in [0.1, 0.15) is 29.8 Å². The van der Waals surface area contributed by atoms with Crippen LogP contribution in [0.1, 0.15) is 10.4 Å². The van der Waals surface area contributed by atoms with Crippen LogP contribution >= 0.6 is 0 Å². The summed E-state index contributed by atoms with van der Waals surface area (Å²) >= 11 is 0. The molecule has 0 radical (unpaired) electrons. The Labute approximate surface area is 148 Å². The maximum Gasteiger partial charge on any atom is 0.342 e. The highest BCUT2D eigenvalue weighted by Gasteiger charge is 2.21. The van der Waals surface area contributed by atoms with Crippen molar-refractivity contribution in [1.29, 1.82) is 0 Å². The van der Waals surface area contributed by atoms with E-state index in [1.807, 2.05) is 12.1 Å². The molecule has 136 valence electrons. The Kier molecular flexibility index (Phi) is 5.12. The smallest absolute Gasteiger partial charge is 0.342 e. The number of amides is 1. The molecule has 0 fully saturated rings. The second-order valence-electron chi connectivity index (χ2n) is 5.58. The number of aromatic hydroxyl groups is 2. The van der Waals surface area contributed by atoms with Gasteiger partial charge in [0.15, 0.2) is 18.1 Å². The summed E-state index contributed by atoms with van der Waals surface area (Å²) in [5, 5.41) is 21.4. The molecule has 1 aliphatic rings. The molecule has 1 heterocycles. The lowest BCUT2D eigenvalue weighted by Crippen LogP contribution is -2.42. The van der Waals surface area contributed by atoms with E-state index in [1.54, 1.807) is 12.1 Å². The van der Waals surface area contributed by atoms with E-state index >= 15 is 0 Å². The molecular weight excluding hydrogens is 342 g/mol. The fraction of sp³-hybridized carbons (Fsp3) is 0.222. The first kappa shape index (κ1) is 17.4. The van der Waals surface area contributed by atoms with Gasteiger partial charge in [0, 0.05) is 6.07 Å². The Balaban J connectivity index is 1.44. The maximum absolute atomic E-state index is 11.8. The molecule has 0 saturated carbocycles. The average Bonchev–Trinajstić information content (AvgIpc) is 2.64. The number of hydrogen-bond donors (Lipinski definition) is 3. The molecule has 2 aromatic carbocycles. The highest BCUT2D eigenvalue weighted by atomic mass is 16.6. The standard InChI is InChI=1S/C18H17NO7/c20-11-5-6-13(14(21)7-11)18(23)25-10-17(22)19-8-12-9-24-15-3-1-2-4-16(15)26-12/h1-7,12,20-21H,8-10H2,(H,19,22)/t12-/m0/s1. The van der Waals surface area contributed by atoms with Gasteiger partial charge in [-0.3, -0.25) is 4.79 Å². The number of phenols is 2. The van der Waals surface area contributed by atoms with E-state index < -0.39 is 24.2 Å². The summed E-state index contributed by atoms with van der Waals surface area (Å²) < 4.78 is 16.1. The number of ether oxygens (including phenoxy) is 3. The highest BCUT2D eigenvalue weighted by Crippen LogP contribution is 2.30. The Morgan fingerprint density at radius 3 is 2.69 bits per heavy atom. The van der Waals surface area contributed by atoms with Gasteiger partial charge in [-0.25, -0.2) is 4.79 Å². The molecule has 0 bridgehead atoms. The zero-order chi connectivity index (χ0) is 18.5. The van der Waals surface area contributed by atoms with Crippen molar-refractivity contribution in [2.45, 2.75) is 6.10 Å². The first-order chi connectivity index (χ1) is 12.5. The Bertz CT molecular complexity index is 821. The van der Waals surface area contributed by atoms with Crippen LogP contribution in [0.4, 0.5) is 0 Å². The van der Waals surface area contributed by atoms with Crippen molar-refractivity contribution in [3.63, 3.8) is 0 Å². The molecule has 0 aliphatic carbocycles. The van der Waals surface area contributed by atoms with Crippen molar-refractivity contribution >= 4 is 11.9 Å². The van der Waals surface area contributed by atoms with Gasteiger partial charge in [-0.1, -0.05) is 12.1 Å². The van der Waals surface area contributed by atoms with Gasteiger partial charge in [-0.2, -0.15) is 0 Å². The number of carbonyl (C=O) groups excluding carboxylic acids is 2. The molecule has 8 nitrogen and oxygen atoms in total. The van der Waals surface area contributed by atoms with Crippen molar-refractivity contribution in [3.8, 4) is 23.0 Å². The Morgan fingerprint density at radius 1 is 1.15 bits per heavy atom. The molecular formula is C18H17NO7. The lowest BCUT2D eigenvalue weighted by atomic mass is 10.2. The normalized spacial score (nSPS) is 15.2. The van der Waals surface area contributed by atoms with E-state index in [0.717, 1.165) is 6.07 Å². The van der Waals surface area contributed by atoms with Crippen LogP contribution in [0.5, 0.6) is 23.0 Å². The van der Waals surface area contributed by atoms with Crippen molar-refractivity contribution in [2.75, 3.05) is 19.8 Å². The molecule has 1 amide bonds. The molecule has 1 aliphatic heterocycles. The molecule has 0 unspecified atom stereocenters. The number of carbonyl (C=O) groups is 2. The SMILES string of the molecule is O=C(COC(=O)c1ccc(O)cc1O)NC[C@H]1COc2ccccc2O1. The lowest BCUT2D eigenvalue weighted by molar-refractivity contribution is -0.124. The minimum absolute atomic E-state index is 0.142. The number of benzene rings is 2. The predicted molar refractivity (Wildman–Crippen MR) is 89.4 cm³/mol. The average molecular weight is 359 g/mol. The van der Waals surface area contributed by atoms with E-state index in [2.05, 4.69) is 5.32 Å². The number of rotatable bonds is 5. The Morgan fingerprint density at radius 2 is 1.92 bits per heavy atom. The third-order valence-electron chi connectivity index (χ3n) is 3.63. The maximum atomic E-state index is 11.8. The largest absolute Gasteiger partial charge is 0.508 e. The topological polar surface area (TPSA) is 114 Å². The first-order valence-electron chi connectivity index (χ1n) is 7.87. The molecule has 0 spiro atoms. The number of phenolic OH excluding ortho intramolecular Hbond substituents is 2. The second-order valence-corrected chi connectivity index (χ2v) is 5.58. The van der Waals surface area contributed by atoms with Crippen LogP contribution in [-0.2, 0) is 9.53 Å². The minimum Gasteiger partial charge on any atom is -0.508 e. The summed E-state index contributed by atoms with van der Waals surface area (Å²) in [6.45, 7) is -0.0308. The predicted octanol–water partition coefficient (Wildman–Crippen LogP) is 1.21. The van der Waals surface area contributed by atoms with E-state index in [4.69, 9.17) is 14.2 Å². The van der Waals surface area contributed by atoms with Gasteiger partial charge >= 0.3 is 5.97 Å². The van der Waals surface area contributed by atoms with Gasteiger partial charge in [0.25, 0.3) is 5.91 Å². The van der Waals surface area contributed by atoms with Crippen molar-refractivity contribution < 1.29 is 34.0 Å². The molecule has 2 aromatic rings. The van der Waals surface area contributed by atoms with Crippen molar-refractivity contribution in [2.24, 2.45) is 0 Å². The van der Waals surface area contributed by atoms with Crippen molar-refractivity contribution in [1.82, 2.24) is 5.32 Å². The Hall–Kier alpha value is -3.42. The van der Waals surface area contributed by atoms with Crippen LogP contribution < -0.4 is 14.8 Å². The van der Waals surface area contributed by atoms with Gasteiger partial charge in [0.05, 0.1) is 6.54 Å². The zero-order valence-corrected chi connectivity index (χ0v) is 13.7. The molecule has 3 rings (SSSR count). The number of hydrogen-bond acceptors (Lipinski definition) is 7. The molecule has 8 heteroatoms. The van der Waals surface area contributed by atoms with Crippen LogP contribution in [0.25, 0.3) is 0 Å². The van der Waals surface area contributed by atoms with E-state index in [1.165, 1.54) is 12.1 Å². The van der Waals surface area contributed by atoms with E-state index in [9.17, 15) is 19.8 Å². The molecule has 0 saturated heterocycles. The summed E-state index contributed by atoms with van der Waals surface area (Å²) in [5.74, 6) is -0.747. The summed E-state index contributed by atoms with van der Waals surface area (Å²) in [5.41, 5.74) is -0.142. The van der Waals surface area contributed by atoms with Gasteiger partial charge in [-0.15, -0.1) is 0 Å². The van der Waals surface area contributed by atoms with E-state index in [-0.39, 0.29) is 24.0 Å². The van der Waals surface area contributed by atoms with Crippen molar-refractivity contribution in [3.05, 3.63) is 48.0 Å². The molecule has 3 N–H and O–H groups in total. The second kappa shape index (κ2) is 7.64. The number of esters is 1. The number of nitrogens with one attached hydrogen (secondary N) is 1. The summed E-state index contributed by atoms with van der Waals surface area (Å²) in [6.07, 6.45) is -0.356. The van der Waals surface area contributed by atoms with Crippen LogP contribution in [-0.4, -0.2) is 48.0 Å². The fourth-order valence-corrected chi connectivity index (χ4v) is 2.34. The van der Waals surface area contributed by atoms with Gasteiger partial charge < -0.3 is 29.7 Å². The fourth-order valence-electron chi connectivity index (χ4n) is 2.34. The first-order valence-corrected chi connectivity index (χ1v) is 7.87. The summed E-state index contributed by atoms with van der Waals surface area (Å²) in [6, 6.07) is 10.7. The highest BCUT2D eigenvalue weighted by molar-refractivity contribution is 5.94. The van der Waals surface area contributed by atoms with Crippen LogP contribution in [0, 0.1) is 0 Å². The summed E-state index contributed by atoms with van der Waals surface area (Å²) in [7, 11) is 0. The zero-order valence-electron chi connectivity index (χ0n) is 13.7. The number of fused-ring (bicyclic) bond motifs is 1. The van der Waals surface area contributed by atoms with Gasteiger partial charge in [0.2, 0.25) is 0 Å². The van der Waals surface area contributed by atoms with Gasteiger partial charge in [-0.05, 0) is 24.3 Å². The van der Waals surface area contributed by atoms with Crippen LogP contribution in [0.3, 0.4) is 0 Å². The van der Waals surface area contributed by atoms with E-state index in [0.29, 0.717) is 18.1 Å². The molecule has 0 aromatic heterocycles. The monoisotopic (exact) mass is 359 g/mol. The lowest BCUT2D eigenvalue weighted by Gasteiger charge is -2.26. The number of para-hydroxylation sites is 2.